The standard InChI is InChI=1S/C5H5F6O/c1-3(6,7)5(10,11)4(8,9)2-12/h12H,1-2H2. The molecule has 0 aromatic carbocycles. The van der Waals surface area contributed by atoms with Gasteiger partial charge in [-0.3, -0.25) is 0 Å². The Morgan fingerprint density at radius 3 is 1.42 bits per heavy atom. The highest BCUT2D eigenvalue weighted by molar-refractivity contribution is 4.97. The molecule has 0 aromatic rings. The average molecular weight is 195 g/mol. The molecule has 1 nitrogen and oxygen atoms in total. The monoisotopic (exact) mass is 195 g/mol. The number of rotatable bonds is 3. The van der Waals surface area contributed by atoms with Crippen molar-refractivity contribution in [3.8, 4) is 0 Å². The molecule has 73 valence electrons. The summed E-state index contributed by atoms with van der Waals surface area (Å²) in [6.45, 7) is -0.774. The van der Waals surface area contributed by atoms with Crippen LogP contribution < -0.4 is 0 Å². The predicted molar refractivity (Wildman–Crippen MR) is 27.3 cm³/mol. The van der Waals surface area contributed by atoms with Crippen molar-refractivity contribution in [1.82, 2.24) is 0 Å². The van der Waals surface area contributed by atoms with E-state index >= 15 is 0 Å². The second-order valence-electron chi connectivity index (χ2n) is 2.14. The van der Waals surface area contributed by atoms with E-state index in [1.807, 2.05) is 0 Å². The van der Waals surface area contributed by atoms with Crippen LogP contribution in [0.15, 0.2) is 0 Å². The lowest BCUT2D eigenvalue weighted by molar-refractivity contribution is -0.301. The van der Waals surface area contributed by atoms with Gasteiger partial charge in [0.05, 0.1) is 0 Å². The van der Waals surface area contributed by atoms with E-state index in [4.69, 9.17) is 5.11 Å². The summed E-state index contributed by atoms with van der Waals surface area (Å²) in [7, 11) is 0. The van der Waals surface area contributed by atoms with Gasteiger partial charge < -0.3 is 5.11 Å². The Labute approximate surface area is 64.0 Å². The van der Waals surface area contributed by atoms with Crippen molar-refractivity contribution < 1.29 is 31.4 Å². The number of hydrogen-bond acceptors (Lipinski definition) is 1. The van der Waals surface area contributed by atoms with Crippen LogP contribution in [0.1, 0.15) is 0 Å². The second kappa shape index (κ2) is 2.79. The third-order valence-electron chi connectivity index (χ3n) is 1.12. The summed E-state index contributed by atoms with van der Waals surface area (Å²) in [5, 5.41) is 7.70. The lowest BCUT2D eigenvalue weighted by Gasteiger charge is -2.29. The molecule has 0 fully saturated rings. The minimum Gasteiger partial charge on any atom is -0.390 e. The largest absolute Gasteiger partial charge is 0.390 e. The summed E-state index contributed by atoms with van der Waals surface area (Å²) in [5.74, 6) is -15.9. The van der Waals surface area contributed by atoms with Crippen molar-refractivity contribution >= 4 is 0 Å². The van der Waals surface area contributed by atoms with Gasteiger partial charge in [-0.15, -0.1) is 0 Å². The van der Waals surface area contributed by atoms with Crippen LogP contribution in [0.2, 0.25) is 0 Å². The number of hydrogen-bond donors (Lipinski definition) is 1. The molecule has 12 heavy (non-hydrogen) atoms. The molecule has 1 N–H and O–H groups in total. The van der Waals surface area contributed by atoms with Gasteiger partial charge in [0, 0.05) is 6.92 Å². The first-order valence-corrected chi connectivity index (χ1v) is 2.66. The molecule has 0 saturated carbocycles. The summed E-state index contributed by atoms with van der Waals surface area (Å²) in [6.07, 6.45) is 0. The van der Waals surface area contributed by atoms with E-state index in [1.54, 1.807) is 6.92 Å². The Morgan fingerprint density at radius 1 is 1.00 bits per heavy atom. The zero-order valence-corrected chi connectivity index (χ0v) is 5.63. The van der Waals surface area contributed by atoms with Crippen LogP contribution in [0.4, 0.5) is 26.3 Å². The molecule has 0 bridgehead atoms. The Hall–Kier alpha value is -0.460. The van der Waals surface area contributed by atoms with Gasteiger partial charge in [-0.2, -0.15) is 26.3 Å². The quantitative estimate of drug-likeness (QED) is 0.679. The summed E-state index contributed by atoms with van der Waals surface area (Å²) in [4.78, 5) is 0. The van der Waals surface area contributed by atoms with Crippen LogP contribution in [0.25, 0.3) is 0 Å². The Bertz CT molecular complexity index is 160. The maximum absolute atomic E-state index is 12.0. The molecule has 1 radical (unpaired) electrons. The zero-order valence-electron chi connectivity index (χ0n) is 5.63. The Morgan fingerprint density at radius 2 is 1.33 bits per heavy atom. The first-order chi connectivity index (χ1) is 5.06. The maximum atomic E-state index is 12.0. The molecule has 0 amide bonds. The van der Waals surface area contributed by atoms with Gasteiger partial charge in [0.2, 0.25) is 0 Å². The van der Waals surface area contributed by atoms with E-state index in [0.717, 1.165) is 0 Å². The van der Waals surface area contributed by atoms with Crippen molar-refractivity contribution in [2.45, 2.75) is 17.8 Å². The van der Waals surface area contributed by atoms with Crippen molar-refractivity contribution in [3.05, 3.63) is 6.92 Å². The van der Waals surface area contributed by atoms with Gasteiger partial charge in [0.25, 0.3) is 0 Å². The van der Waals surface area contributed by atoms with Crippen LogP contribution in [0.5, 0.6) is 0 Å². The summed E-state index contributed by atoms with van der Waals surface area (Å²) >= 11 is 0. The van der Waals surface area contributed by atoms with Gasteiger partial charge >= 0.3 is 17.8 Å². The van der Waals surface area contributed by atoms with Crippen LogP contribution in [-0.4, -0.2) is 29.5 Å². The van der Waals surface area contributed by atoms with Crippen molar-refractivity contribution in [2.24, 2.45) is 0 Å². The number of halogens is 6. The molecule has 0 spiro atoms. The van der Waals surface area contributed by atoms with E-state index in [2.05, 4.69) is 0 Å². The second-order valence-corrected chi connectivity index (χ2v) is 2.14. The highest BCUT2D eigenvalue weighted by atomic mass is 19.3. The molecule has 0 saturated heterocycles. The first kappa shape index (κ1) is 11.5. The molecule has 0 aliphatic carbocycles. The highest BCUT2D eigenvalue weighted by Gasteiger charge is 2.68. The fourth-order valence-electron chi connectivity index (χ4n) is 0.367. The molecule has 0 aliphatic rings. The molecule has 0 atom stereocenters. The maximum Gasteiger partial charge on any atom is 0.374 e. The summed E-state index contributed by atoms with van der Waals surface area (Å²) in [5.41, 5.74) is 0. The molecule has 0 unspecified atom stereocenters. The first-order valence-electron chi connectivity index (χ1n) is 2.66. The lowest BCUT2D eigenvalue weighted by Crippen LogP contribution is -2.54. The highest BCUT2D eigenvalue weighted by Crippen LogP contribution is 2.44. The van der Waals surface area contributed by atoms with Gasteiger partial charge in [0.15, 0.2) is 0 Å². The van der Waals surface area contributed by atoms with Crippen LogP contribution in [0, 0.1) is 6.92 Å². The number of alkyl halides is 6. The minimum absolute atomic E-state index is 1.58. The molecule has 0 rings (SSSR count). The van der Waals surface area contributed by atoms with Crippen molar-refractivity contribution in [3.63, 3.8) is 0 Å². The summed E-state index contributed by atoms with van der Waals surface area (Å²) < 4.78 is 71.2. The third kappa shape index (κ3) is 1.65. The minimum atomic E-state index is -5.64. The van der Waals surface area contributed by atoms with Crippen molar-refractivity contribution in [2.75, 3.05) is 6.61 Å². The number of aliphatic hydroxyl groups excluding tert-OH is 1. The normalized spacial score (nSPS) is 15.0. The molecule has 7 heteroatoms. The molecule has 0 aromatic heterocycles. The van der Waals surface area contributed by atoms with Gasteiger partial charge in [-0.25, -0.2) is 0 Å². The van der Waals surface area contributed by atoms with Crippen molar-refractivity contribution in [1.29, 1.82) is 0 Å². The lowest BCUT2D eigenvalue weighted by atomic mass is 10.1. The molecular weight excluding hydrogens is 190 g/mol. The number of aliphatic hydroxyl groups is 1. The van der Waals surface area contributed by atoms with E-state index in [9.17, 15) is 26.3 Å². The van der Waals surface area contributed by atoms with Gasteiger partial charge in [0.1, 0.15) is 6.61 Å². The van der Waals surface area contributed by atoms with Gasteiger partial charge in [-0.1, -0.05) is 0 Å². The van der Waals surface area contributed by atoms with E-state index in [0.29, 0.717) is 0 Å². The van der Waals surface area contributed by atoms with Crippen LogP contribution >= 0.6 is 0 Å². The fraction of sp³-hybridized carbons (Fsp3) is 0.800. The van der Waals surface area contributed by atoms with E-state index < -0.39 is 24.4 Å². The van der Waals surface area contributed by atoms with Crippen LogP contribution in [0.3, 0.4) is 0 Å². The fourth-order valence-corrected chi connectivity index (χ4v) is 0.367. The smallest absolute Gasteiger partial charge is 0.374 e. The topological polar surface area (TPSA) is 20.2 Å². The third-order valence-corrected chi connectivity index (χ3v) is 1.12. The average Bonchev–Trinajstić information content (AvgIpc) is 1.85. The Balaban J connectivity index is 4.85. The van der Waals surface area contributed by atoms with Gasteiger partial charge in [-0.05, 0) is 0 Å². The van der Waals surface area contributed by atoms with E-state index in [-0.39, 0.29) is 0 Å². The molecule has 0 aliphatic heterocycles. The van der Waals surface area contributed by atoms with E-state index in [1.165, 1.54) is 0 Å². The molecule has 0 heterocycles. The zero-order chi connectivity index (χ0) is 10.2. The molecular formula is C5H5F6O. The Kier molecular flexibility index (Phi) is 2.68. The SMILES string of the molecule is [CH2]C(F)(F)C(F)(F)C(F)(F)CO. The van der Waals surface area contributed by atoms with Crippen LogP contribution in [-0.2, 0) is 0 Å². The predicted octanol–water partition coefficient (Wildman–Crippen LogP) is 1.72. The summed E-state index contributed by atoms with van der Waals surface area (Å²) in [6, 6.07) is 0.